The van der Waals surface area contributed by atoms with Crippen LogP contribution in [-0.4, -0.2) is 15.3 Å². The van der Waals surface area contributed by atoms with Gasteiger partial charge in [-0.2, -0.15) is 5.26 Å². The van der Waals surface area contributed by atoms with Crippen LogP contribution in [0.15, 0.2) is 44.0 Å². The summed E-state index contributed by atoms with van der Waals surface area (Å²) in [5.41, 5.74) is -0.798. The second-order valence-electron chi connectivity index (χ2n) is 4.73. The largest absolute Gasteiger partial charge is 0.504 e. The van der Waals surface area contributed by atoms with E-state index in [2.05, 4.69) is 15.9 Å². The van der Waals surface area contributed by atoms with E-state index in [9.17, 15) is 25.4 Å². The third-order valence-corrected chi connectivity index (χ3v) is 3.90. The third-order valence-electron chi connectivity index (χ3n) is 3.37. The Morgan fingerprint density at radius 2 is 1.74 bits per heavy atom. The van der Waals surface area contributed by atoms with Crippen molar-refractivity contribution in [1.82, 2.24) is 0 Å². The molecule has 1 heterocycles. The number of benzene rings is 2. The van der Waals surface area contributed by atoms with Crippen molar-refractivity contribution < 1.29 is 19.7 Å². The highest BCUT2D eigenvalue weighted by molar-refractivity contribution is 9.10. The van der Waals surface area contributed by atoms with Gasteiger partial charge in [-0.15, -0.1) is 0 Å². The van der Waals surface area contributed by atoms with Gasteiger partial charge in [-0.05, 0) is 23.8 Å². The molecule has 0 saturated carbocycles. The van der Waals surface area contributed by atoms with Crippen LogP contribution in [0, 0.1) is 11.3 Å². The first-order valence-electron chi connectivity index (χ1n) is 6.34. The topological polar surface area (TPSA) is 115 Å². The number of aromatic hydroxyl groups is 3. The van der Waals surface area contributed by atoms with Crippen LogP contribution < -0.4 is 5.63 Å². The molecular formula is C16H8BrNO5. The monoisotopic (exact) mass is 373 g/mol. The van der Waals surface area contributed by atoms with Crippen molar-refractivity contribution in [3.05, 3.63) is 50.8 Å². The lowest BCUT2D eigenvalue weighted by atomic mass is 9.99. The number of hydrogen-bond acceptors (Lipinski definition) is 6. The second kappa shape index (κ2) is 5.34. The van der Waals surface area contributed by atoms with Crippen molar-refractivity contribution in [3.8, 4) is 34.4 Å². The molecule has 114 valence electrons. The zero-order valence-corrected chi connectivity index (χ0v) is 13.0. The maximum absolute atomic E-state index is 12.3. The Balaban J connectivity index is 2.48. The number of nitriles is 1. The molecule has 0 aliphatic carbocycles. The second-order valence-corrected chi connectivity index (χ2v) is 5.64. The van der Waals surface area contributed by atoms with E-state index >= 15 is 0 Å². The summed E-state index contributed by atoms with van der Waals surface area (Å²) in [7, 11) is 0. The Kier molecular flexibility index (Phi) is 3.47. The minimum absolute atomic E-state index is 0.0111. The van der Waals surface area contributed by atoms with E-state index in [0.29, 0.717) is 5.56 Å². The number of fused-ring (bicyclic) bond motifs is 1. The van der Waals surface area contributed by atoms with Gasteiger partial charge >= 0.3 is 5.63 Å². The summed E-state index contributed by atoms with van der Waals surface area (Å²) in [5.74, 6) is -2.24. The molecule has 6 nitrogen and oxygen atoms in total. The summed E-state index contributed by atoms with van der Waals surface area (Å²) >= 11 is 3.28. The molecule has 0 spiro atoms. The maximum atomic E-state index is 12.3. The zero-order valence-electron chi connectivity index (χ0n) is 11.4. The maximum Gasteiger partial charge on any atom is 0.345 e. The van der Waals surface area contributed by atoms with Crippen molar-refractivity contribution in [1.29, 1.82) is 5.26 Å². The fourth-order valence-electron chi connectivity index (χ4n) is 2.29. The lowest BCUT2D eigenvalue weighted by molar-refractivity contribution is 0.365. The minimum Gasteiger partial charge on any atom is -0.504 e. The fraction of sp³-hybridized carbons (Fsp3) is 0. The van der Waals surface area contributed by atoms with E-state index in [1.165, 1.54) is 0 Å². The van der Waals surface area contributed by atoms with Crippen LogP contribution in [0.3, 0.4) is 0 Å². The molecule has 0 atom stereocenters. The summed E-state index contributed by atoms with van der Waals surface area (Å²) in [5, 5.41) is 38.5. The summed E-state index contributed by atoms with van der Waals surface area (Å²) in [4.78, 5) is 12.3. The van der Waals surface area contributed by atoms with E-state index in [-0.39, 0.29) is 22.1 Å². The van der Waals surface area contributed by atoms with Crippen molar-refractivity contribution in [2.75, 3.05) is 0 Å². The molecular weight excluding hydrogens is 366 g/mol. The van der Waals surface area contributed by atoms with Gasteiger partial charge in [0, 0.05) is 9.86 Å². The van der Waals surface area contributed by atoms with Gasteiger partial charge in [0.2, 0.25) is 11.5 Å². The predicted octanol–water partition coefficient (Wildman–Crippen LogP) is 3.21. The Hall–Kier alpha value is -2.98. The van der Waals surface area contributed by atoms with Crippen molar-refractivity contribution in [2.24, 2.45) is 0 Å². The Morgan fingerprint density at radius 3 is 2.35 bits per heavy atom. The lowest BCUT2D eigenvalue weighted by Gasteiger charge is -2.09. The van der Waals surface area contributed by atoms with Crippen molar-refractivity contribution in [3.63, 3.8) is 0 Å². The van der Waals surface area contributed by atoms with Crippen LogP contribution in [0.4, 0.5) is 0 Å². The third kappa shape index (κ3) is 2.29. The number of halogens is 1. The Morgan fingerprint density at radius 1 is 1.09 bits per heavy atom. The molecule has 1 aromatic heterocycles. The normalized spacial score (nSPS) is 10.6. The van der Waals surface area contributed by atoms with Crippen LogP contribution in [0.2, 0.25) is 0 Å². The molecule has 0 fully saturated rings. The fourth-order valence-corrected chi connectivity index (χ4v) is 2.56. The minimum atomic E-state index is -0.836. The molecule has 0 amide bonds. The van der Waals surface area contributed by atoms with E-state index in [4.69, 9.17) is 4.42 Å². The molecule has 0 unspecified atom stereocenters. The van der Waals surface area contributed by atoms with Gasteiger partial charge in [0.15, 0.2) is 11.3 Å². The van der Waals surface area contributed by atoms with Crippen LogP contribution in [0.1, 0.15) is 5.56 Å². The van der Waals surface area contributed by atoms with Crippen LogP contribution in [-0.2, 0) is 0 Å². The first-order chi connectivity index (χ1) is 10.9. The first kappa shape index (κ1) is 14.9. The standard InChI is InChI=1S/C16H8BrNO5/c17-8-3-1-7(2-4-8)12-10(6-18)9-5-11(19)13(20)14(21)15(9)23-16(12)22/h1-5,19-21H. The highest BCUT2D eigenvalue weighted by Crippen LogP contribution is 2.42. The van der Waals surface area contributed by atoms with Gasteiger partial charge in [0.05, 0.1) is 11.1 Å². The molecule has 3 aromatic rings. The number of phenolic OH excluding ortho intramolecular Hbond substituents is 3. The first-order valence-corrected chi connectivity index (χ1v) is 7.14. The van der Waals surface area contributed by atoms with Gasteiger partial charge < -0.3 is 19.7 Å². The van der Waals surface area contributed by atoms with Gasteiger partial charge in [-0.3, -0.25) is 0 Å². The Bertz CT molecular complexity index is 1030. The average molecular weight is 374 g/mol. The molecule has 0 aliphatic heterocycles. The Labute approximate surface area is 137 Å². The van der Waals surface area contributed by atoms with Crippen LogP contribution in [0.25, 0.3) is 22.1 Å². The highest BCUT2D eigenvalue weighted by Gasteiger charge is 2.22. The van der Waals surface area contributed by atoms with E-state index in [0.717, 1.165) is 10.5 Å². The molecule has 3 N–H and O–H groups in total. The predicted molar refractivity (Wildman–Crippen MR) is 85.3 cm³/mol. The number of nitrogens with zero attached hydrogens (tertiary/aromatic N) is 1. The molecule has 0 bridgehead atoms. The van der Waals surface area contributed by atoms with Gasteiger partial charge in [-0.1, -0.05) is 28.1 Å². The quantitative estimate of drug-likeness (QED) is 0.445. The molecule has 2 aromatic carbocycles. The van der Waals surface area contributed by atoms with Crippen molar-refractivity contribution in [2.45, 2.75) is 0 Å². The van der Waals surface area contributed by atoms with Crippen LogP contribution in [0.5, 0.6) is 17.2 Å². The average Bonchev–Trinajstić information content (AvgIpc) is 2.54. The lowest BCUT2D eigenvalue weighted by Crippen LogP contribution is -2.06. The van der Waals surface area contributed by atoms with E-state index < -0.39 is 22.9 Å². The van der Waals surface area contributed by atoms with E-state index in [1.807, 2.05) is 6.07 Å². The highest BCUT2D eigenvalue weighted by atomic mass is 79.9. The molecule has 0 aliphatic rings. The summed E-state index contributed by atoms with van der Waals surface area (Å²) in [6.07, 6.45) is 0. The van der Waals surface area contributed by atoms with Crippen LogP contribution >= 0.6 is 15.9 Å². The summed E-state index contributed by atoms with van der Waals surface area (Å²) in [6, 6.07) is 9.61. The number of rotatable bonds is 1. The van der Waals surface area contributed by atoms with Crippen molar-refractivity contribution >= 4 is 26.9 Å². The zero-order chi connectivity index (χ0) is 16.7. The van der Waals surface area contributed by atoms with Gasteiger partial charge in [0.1, 0.15) is 6.07 Å². The molecule has 3 rings (SSSR count). The SMILES string of the molecule is N#Cc1c(-c2ccc(Br)cc2)c(=O)oc2c(O)c(O)c(O)cc12. The summed E-state index contributed by atoms with van der Waals surface area (Å²) in [6.45, 7) is 0. The van der Waals surface area contributed by atoms with Gasteiger partial charge in [0.25, 0.3) is 0 Å². The molecule has 0 saturated heterocycles. The number of hydrogen-bond donors (Lipinski definition) is 3. The van der Waals surface area contributed by atoms with Gasteiger partial charge in [-0.25, -0.2) is 4.79 Å². The number of phenols is 3. The summed E-state index contributed by atoms with van der Waals surface area (Å²) < 4.78 is 5.84. The smallest absolute Gasteiger partial charge is 0.345 e. The molecule has 0 radical (unpaired) electrons. The molecule has 7 heteroatoms. The molecule has 23 heavy (non-hydrogen) atoms. The van der Waals surface area contributed by atoms with E-state index in [1.54, 1.807) is 24.3 Å².